The molecule has 8 N–H and O–H groups in total. The van der Waals surface area contributed by atoms with Crippen molar-refractivity contribution in [3.05, 3.63) is 59.1 Å². The maximum absolute atomic E-state index is 6.94. The third-order valence-corrected chi connectivity index (χ3v) is 6.52. The number of nitrogens with two attached hydrogens (primary N) is 2. The molecule has 2 aromatic rings. The first-order valence-corrected chi connectivity index (χ1v) is 10.7. The summed E-state index contributed by atoms with van der Waals surface area (Å²) in [5.41, 5.74) is 16.6. The van der Waals surface area contributed by atoms with E-state index in [0.717, 1.165) is 49.2 Å². The fourth-order valence-corrected chi connectivity index (χ4v) is 4.88. The molecule has 156 valence electrons. The van der Waals surface area contributed by atoms with E-state index < -0.39 is 11.6 Å². The Morgan fingerprint density at radius 2 is 1.72 bits per heavy atom. The number of nitrogens with one attached hydrogen (secondary N) is 4. The number of rotatable bonds is 5. The second-order valence-corrected chi connectivity index (χ2v) is 8.82. The van der Waals surface area contributed by atoms with Gasteiger partial charge in [-0.2, -0.15) is 0 Å². The highest BCUT2D eigenvalue weighted by Crippen LogP contribution is 2.40. The van der Waals surface area contributed by atoms with Crippen molar-refractivity contribution in [3.63, 3.8) is 0 Å². The summed E-state index contributed by atoms with van der Waals surface area (Å²) in [6, 6.07) is 15.6. The Morgan fingerprint density at radius 3 is 2.41 bits per heavy atom. The number of hydrogen-bond acceptors (Lipinski definition) is 6. The largest absolute Gasteiger partial charge is 0.355 e. The average molecular weight is 415 g/mol. The van der Waals surface area contributed by atoms with E-state index >= 15 is 0 Å². The Kier molecular flexibility index (Phi) is 5.73. The van der Waals surface area contributed by atoms with Crippen molar-refractivity contribution < 1.29 is 0 Å². The van der Waals surface area contributed by atoms with Crippen LogP contribution in [0.4, 0.5) is 11.4 Å². The topological polar surface area (TPSA) is 100 Å². The molecule has 0 radical (unpaired) electrons. The van der Waals surface area contributed by atoms with Gasteiger partial charge in [-0.25, -0.2) is 5.32 Å². The molecule has 4 rings (SSSR count). The van der Waals surface area contributed by atoms with Gasteiger partial charge < -0.3 is 16.0 Å². The summed E-state index contributed by atoms with van der Waals surface area (Å²) in [6.07, 6.45) is 4.44. The third kappa shape index (κ3) is 4.22. The predicted octanol–water partition coefficient (Wildman–Crippen LogP) is 3.17. The molecular weight excluding hydrogens is 384 g/mol. The number of fused-ring (bicyclic) bond motifs is 1. The maximum atomic E-state index is 6.94. The molecule has 1 aliphatic carbocycles. The lowest BCUT2D eigenvalue weighted by atomic mass is 9.77. The molecule has 1 fully saturated rings. The first-order chi connectivity index (χ1) is 13.9. The van der Waals surface area contributed by atoms with Gasteiger partial charge in [-0.1, -0.05) is 29.8 Å². The summed E-state index contributed by atoms with van der Waals surface area (Å²) in [7, 11) is 2.02. The standard InChI is InChI=1S/C22H31ClN6/c1-26-14-15-6-8-16(9-7-15)21(24)28-20-5-3-2-4-19(20)22(25,29-21)27-18-12-10-17(23)11-13-18/h2-5,10-13,15-16,26-29H,6-9,14,24-25H2,1H3/t15?,16?,21-,22-/m1/s1. The third-order valence-electron chi connectivity index (χ3n) is 6.27. The lowest BCUT2D eigenvalue weighted by molar-refractivity contribution is 0.120. The van der Waals surface area contributed by atoms with Crippen molar-refractivity contribution in [3.8, 4) is 0 Å². The monoisotopic (exact) mass is 414 g/mol. The van der Waals surface area contributed by atoms with Crippen LogP contribution in [-0.2, 0) is 5.79 Å². The number of para-hydroxylation sites is 1. The number of hydrogen-bond donors (Lipinski definition) is 6. The smallest absolute Gasteiger partial charge is 0.173 e. The normalized spacial score (nSPS) is 31.6. The van der Waals surface area contributed by atoms with Gasteiger partial charge >= 0.3 is 0 Å². The Morgan fingerprint density at radius 1 is 1.03 bits per heavy atom. The van der Waals surface area contributed by atoms with Crippen LogP contribution < -0.4 is 32.7 Å². The molecule has 6 nitrogen and oxygen atoms in total. The lowest BCUT2D eigenvalue weighted by Gasteiger charge is -2.52. The van der Waals surface area contributed by atoms with Crippen molar-refractivity contribution in [1.29, 1.82) is 0 Å². The van der Waals surface area contributed by atoms with Crippen LogP contribution in [-0.4, -0.2) is 19.4 Å². The molecule has 0 bridgehead atoms. The average Bonchev–Trinajstić information content (AvgIpc) is 2.70. The van der Waals surface area contributed by atoms with E-state index in [-0.39, 0.29) is 5.92 Å². The minimum Gasteiger partial charge on any atom is -0.355 e. The molecule has 1 heterocycles. The van der Waals surface area contributed by atoms with Gasteiger partial charge in [-0.05, 0) is 75.5 Å². The summed E-state index contributed by atoms with van der Waals surface area (Å²) in [5, 5.41) is 14.5. The molecule has 29 heavy (non-hydrogen) atoms. The molecule has 1 saturated carbocycles. The van der Waals surface area contributed by atoms with Gasteiger partial charge in [0.1, 0.15) is 5.79 Å². The van der Waals surface area contributed by atoms with Crippen LogP contribution in [0.5, 0.6) is 0 Å². The van der Waals surface area contributed by atoms with Crippen molar-refractivity contribution in [2.45, 2.75) is 37.3 Å². The number of anilines is 2. The number of halogens is 1. The van der Waals surface area contributed by atoms with E-state index in [9.17, 15) is 0 Å². The van der Waals surface area contributed by atoms with Gasteiger partial charge in [-0.3, -0.25) is 11.5 Å². The van der Waals surface area contributed by atoms with E-state index in [0.29, 0.717) is 10.9 Å². The molecule has 0 amide bonds. The minimum absolute atomic E-state index is 0.277. The van der Waals surface area contributed by atoms with Crippen LogP contribution >= 0.6 is 11.6 Å². The van der Waals surface area contributed by atoms with Gasteiger partial charge in [-0.15, -0.1) is 0 Å². The van der Waals surface area contributed by atoms with Crippen molar-refractivity contribution in [2.24, 2.45) is 23.3 Å². The summed E-state index contributed by atoms with van der Waals surface area (Å²) in [6.45, 7) is 1.06. The fraction of sp³-hybridized carbons (Fsp3) is 0.455. The first-order valence-electron chi connectivity index (χ1n) is 10.3. The molecule has 2 atom stereocenters. The molecule has 0 spiro atoms. The van der Waals surface area contributed by atoms with Crippen LogP contribution in [0.3, 0.4) is 0 Å². The molecule has 0 saturated heterocycles. The van der Waals surface area contributed by atoms with E-state index in [4.69, 9.17) is 23.1 Å². The second-order valence-electron chi connectivity index (χ2n) is 8.38. The van der Waals surface area contributed by atoms with E-state index in [2.05, 4.69) is 21.3 Å². The summed E-state index contributed by atoms with van der Waals surface area (Å²) in [4.78, 5) is 0. The molecular formula is C22H31ClN6. The minimum atomic E-state index is -1.01. The van der Waals surface area contributed by atoms with E-state index in [1.54, 1.807) is 0 Å². The molecule has 0 aromatic heterocycles. The van der Waals surface area contributed by atoms with Crippen LogP contribution in [0, 0.1) is 11.8 Å². The highest BCUT2D eigenvalue weighted by molar-refractivity contribution is 6.30. The van der Waals surface area contributed by atoms with Gasteiger partial charge in [0.2, 0.25) is 0 Å². The Labute approximate surface area is 177 Å². The molecule has 0 unspecified atom stereocenters. The van der Waals surface area contributed by atoms with Crippen LogP contribution in [0.1, 0.15) is 31.2 Å². The fourth-order valence-electron chi connectivity index (χ4n) is 4.76. The Bertz CT molecular complexity index is 835. The van der Waals surface area contributed by atoms with E-state index in [1.807, 2.05) is 55.6 Å². The molecule has 7 heteroatoms. The van der Waals surface area contributed by atoms with Gasteiger partial charge in [0.15, 0.2) is 5.79 Å². The number of benzene rings is 2. The zero-order chi connectivity index (χ0) is 20.5. The maximum Gasteiger partial charge on any atom is 0.173 e. The zero-order valence-corrected chi connectivity index (χ0v) is 17.6. The van der Waals surface area contributed by atoms with Gasteiger partial charge in [0, 0.05) is 27.9 Å². The second kappa shape index (κ2) is 8.13. The lowest BCUT2D eigenvalue weighted by Crippen LogP contribution is -2.76. The Hall–Kier alpha value is -1.83. The molecule has 1 aliphatic heterocycles. The first kappa shape index (κ1) is 20.4. The highest BCUT2D eigenvalue weighted by atomic mass is 35.5. The summed E-state index contributed by atoms with van der Waals surface area (Å²) < 4.78 is 0. The molecule has 2 aromatic carbocycles. The quantitative estimate of drug-likeness (QED) is 0.420. The SMILES string of the molecule is CNCC1CCC([C@@]2(N)Nc3ccccc3[C@@](N)(Nc3ccc(Cl)cc3)N2)CC1. The Balaban J connectivity index is 1.61. The van der Waals surface area contributed by atoms with Crippen molar-refractivity contribution >= 4 is 23.0 Å². The molecule has 2 aliphatic rings. The van der Waals surface area contributed by atoms with Crippen LogP contribution in [0.2, 0.25) is 5.02 Å². The highest BCUT2D eigenvalue weighted by Gasteiger charge is 2.47. The van der Waals surface area contributed by atoms with E-state index in [1.165, 1.54) is 0 Å². The van der Waals surface area contributed by atoms with Crippen molar-refractivity contribution in [2.75, 3.05) is 24.2 Å². The summed E-state index contributed by atoms with van der Waals surface area (Å²) >= 11 is 6.04. The van der Waals surface area contributed by atoms with Crippen LogP contribution in [0.25, 0.3) is 0 Å². The van der Waals surface area contributed by atoms with Crippen molar-refractivity contribution in [1.82, 2.24) is 10.6 Å². The summed E-state index contributed by atoms with van der Waals surface area (Å²) in [5.74, 6) is -0.816. The van der Waals surface area contributed by atoms with Crippen LogP contribution in [0.15, 0.2) is 48.5 Å². The predicted molar refractivity (Wildman–Crippen MR) is 120 cm³/mol. The van der Waals surface area contributed by atoms with Gasteiger partial charge in [0.25, 0.3) is 0 Å². The van der Waals surface area contributed by atoms with Gasteiger partial charge in [0.05, 0.1) is 0 Å². The zero-order valence-electron chi connectivity index (χ0n) is 16.8.